The van der Waals surface area contributed by atoms with Gasteiger partial charge in [-0.25, -0.2) is 4.98 Å². The zero-order chi connectivity index (χ0) is 13.1. The number of rotatable bonds is 5. The van der Waals surface area contributed by atoms with Gasteiger partial charge in [0.2, 0.25) is 0 Å². The maximum atomic E-state index is 6.21. The Hall–Kier alpha value is -1.39. The lowest BCUT2D eigenvalue weighted by atomic mass is 9.76. The second-order valence-corrected chi connectivity index (χ2v) is 5.43. The van der Waals surface area contributed by atoms with Gasteiger partial charge in [0.25, 0.3) is 0 Å². The Morgan fingerprint density at radius 2 is 2.16 bits per heavy atom. The molecule has 1 aliphatic rings. The Bertz CT molecular complexity index is 520. The van der Waals surface area contributed by atoms with Gasteiger partial charge >= 0.3 is 0 Å². The van der Waals surface area contributed by atoms with Crippen molar-refractivity contribution >= 4 is 11.6 Å². The van der Waals surface area contributed by atoms with Gasteiger partial charge in [0, 0.05) is 24.0 Å². The molecule has 1 aliphatic carbocycles. The molecule has 0 atom stereocenters. The summed E-state index contributed by atoms with van der Waals surface area (Å²) in [6.07, 6.45) is 4.78. The molecule has 0 aliphatic heterocycles. The van der Waals surface area contributed by atoms with E-state index in [2.05, 4.69) is 32.6 Å². The van der Waals surface area contributed by atoms with E-state index in [0.717, 1.165) is 23.8 Å². The molecule has 5 heteroatoms. The van der Waals surface area contributed by atoms with Gasteiger partial charge in [0.15, 0.2) is 0 Å². The van der Waals surface area contributed by atoms with Crippen LogP contribution in [0.15, 0.2) is 30.6 Å². The maximum absolute atomic E-state index is 6.21. The van der Waals surface area contributed by atoms with Crippen molar-refractivity contribution in [1.29, 1.82) is 0 Å². The van der Waals surface area contributed by atoms with Gasteiger partial charge in [-0.05, 0) is 30.4 Å². The summed E-state index contributed by atoms with van der Waals surface area (Å²) in [5, 5.41) is 11.1. The van der Waals surface area contributed by atoms with E-state index in [0.29, 0.717) is 12.0 Å². The predicted octanol–water partition coefficient (Wildman–Crippen LogP) is 2.54. The molecule has 3 rings (SSSR count). The van der Waals surface area contributed by atoms with Crippen molar-refractivity contribution in [3.05, 3.63) is 47.0 Å². The van der Waals surface area contributed by atoms with Gasteiger partial charge in [-0.1, -0.05) is 29.8 Å². The van der Waals surface area contributed by atoms with E-state index in [1.807, 2.05) is 12.1 Å². The minimum Gasteiger partial charge on any atom is -0.313 e. The fraction of sp³-hybridized carbons (Fsp3) is 0.429. The molecular weight excluding hydrogens is 260 g/mol. The minimum atomic E-state index is 0.601. The minimum absolute atomic E-state index is 0.601. The number of aromatic nitrogens is 3. The molecule has 0 radical (unpaired) electrons. The summed E-state index contributed by atoms with van der Waals surface area (Å²) in [4.78, 5) is 4.11. The fourth-order valence-electron chi connectivity index (χ4n) is 2.59. The van der Waals surface area contributed by atoms with Crippen LogP contribution in [0.2, 0.25) is 5.02 Å². The van der Waals surface area contributed by atoms with Crippen molar-refractivity contribution in [3.63, 3.8) is 0 Å². The van der Waals surface area contributed by atoms with Crippen LogP contribution < -0.4 is 5.32 Å². The lowest BCUT2D eigenvalue weighted by Crippen LogP contribution is -2.41. The number of hydrogen-bond acceptors (Lipinski definition) is 3. The summed E-state index contributed by atoms with van der Waals surface area (Å²) in [7, 11) is 0. The van der Waals surface area contributed by atoms with Crippen molar-refractivity contribution in [3.8, 4) is 0 Å². The highest BCUT2D eigenvalue weighted by atomic mass is 35.5. The molecule has 2 aromatic rings. The second kappa shape index (κ2) is 5.72. The third-order valence-electron chi connectivity index (χ3n) is 3.74. The van der Waals surface area contributed by atoms with Gasteiger partial charge in [-0.15, -0.1) is 0 Å². The van der Waals surface area contributed by atoms with Crippen LogP contribution in [0.5, 0.6) is 0 Å². The van der Waals surface area contributed by atoms with Gasteiger partial charge in [-0.2, -0.15) is 5.10 Å². The Balaban J connectivity index is 1.42. The van der Waals surface area contributed by atoms with Crippen LogP contribution in [0.3, 0.4) is 0 Å². The Morgan fingerprint density at radius 3 is 2.89 bits per heavy atom. The third kappa shape index (κ3) is 2.96. The van der Waals surface area contributed by atoms with Crippen LogP contribution in [0.4, 0.5) is 0 Å². The fourth-order valence-corrected chi connectivity index (χ4v) is 2.88. The normalized spacial score (nSPS) is 22.2. The quantitative estimate of drug-likeness (QED) is 0.882. The van der Waals surface area contributed by atoms with Gasteiger partial charge in [0.05, 0.1) is 0 Å². The molecule has 0 unspecified atom stereocenters. The SMILES string of the molecule is Clc1ccccc1C1CC(NCCc2ncn[nH]2)C1. The Morgan fingerprint density at radius 1 is 1.32 bits per heavy atom. The molecule has 4 nitrogen and oxygen atoms in total. The van der Waals surface area contributed by atoms with Crippen LogP contribution in [0.25, 0.3) is 0 Å². The average molecular weight is 277 g/mol. The number of aromatic amines is 1. The molecule has 1 aromatic carbocycles. The largest absolute Gasteiger partial charge is 0.313 e. The number of halogens is 1. The van der Waals surface area contributed by atoms with Crippen LogP contribution in [0.1, 0.15) is 30.1 Å². The summed E-state index contributed by atoms with van der Waals surface area (Å²) in [6, 6.07) is 8.76. The lowest BCUT2D eigenvalue weighted by Gasteiger charge is -2.36. The number of nitrogens with zero attached hydrogens (tertiary/aromatic N) is 2. The molecule has 2 N–H and O–H groups in total. The van der Waals surface area contributed by atoms with Crippen LogP contribution in [0, 0.1) is 0 Å². The van der Waals surface area contributed by atoms with Crippen molar-refractivity contribution in [1.82, 2.24) is 20.5 Å². The number of benzene rings is 1. The number of H-pyrrole nitrogens is 1. The van der Waals surface area contributed by atoms with E-state index in [1.54, 1.807) is 6.33 Å². The van der Waals surface area contributed by atoms with E-state index in [-0.39, 0.29) is 0 Å². The van der Waals surface area contributed by atoms with E-state index < -0.39 is 0 Å². The zero-order valence-electron chi connectivity index (χ0n) is 10.6. The maximum Gasteiger partial charge on any atom is 0.137 e. The summed E-state index contributed by atoms with van der Waals surface area (Å²) in [5.74, 6) is 1.55. The molecule has 0 bridgehead atoms. The topological polar surface area (TPSA) is 53.6 Å². The highest BCUT2D eigenvalue weighted by Crippen LogP contribution is 2.39. The molecular formula is C14H17ClN4. The highest BCUT2D eigenvalue weighted by molar-refractivity contribution is 6.31. The summed E-state index contributed by atoms with van der Waals surface area (Å²) in [6.45, 7) is 0.940. The summed E-state index contributed by atoms with van der Waals surface area (Å²) >= 11 is 6.21. The van der Waals surface area contributed by atoms with Crippen LogP contribution >= 0.6 is 11.6 Å². The lowest BCUT2D eigenvalue weighted by molar-refractivity contribution is 0.292. The zero-order valence-corrected chi connectivity index (χ0v) is 11.4. The molecule has 1 aromatic heterocycles. The van der Waals surface area contributed by atoms with Crippen LogP contribution in [-0.2, 0) is 6.42 Å². The van der Waals surface area contributed by atoms with Gasteiger partial charge in [0.1, 0.15) is 12.2 Å². The van der Waals surface area contributed by atoms with E-state index in [1.165, 1.54) is 18.4 Å². The second-order valence-electron chi connectivity index (χ2n) is 5.02. The van der Waals surface area contributed by atoms with Crippen molar-refractivity contribution in [2.45, 2.75) is 31.2 Å². The average Bonchev–Trinajstić information content (AvgIpc) is 2.87. The first-order valence-electron chi connectivity index (χ1n) is 6.65. The van der Waals surface area contributed by atoms with Crippen molar-refractivity contribution in [2.75, 3.05) is 6.54 Å². The van der Waals surface area contributed by atoms with E-state index >= 15 is 0 Å². The monoisotopic (exact) mass is 276 g/mol. The molecule has 100 valence electrons. The first-order chi connectivity index (χ1) is 9.33. The number of nitrogens with one attached hydrogen (secondary N) is 2. The number of hydrogen-bond donors (Lipinski definition) is 2. The first kappa shape index (κ1) is 12.6. The molecule has 0 spiro atoms. The summed E-state index contributed by atoms with van der Waals surface area (Å²) < 4.78 is 0. The summed E-state index contributed by atoms with van der Waals surface area (Å²) in [5.41, 5.74) is 1.29. The first-order valence-corrected chi connectivity index (χ1v) is 7.03. The predicted molar refractivity (Wildman–Crippen MR) is 75.3 cm³/mol. The van der Waals surface area contributed by atoms with Gasteiger partial charge < -0.3 is 5.32 Å². The van der Waals surface area contributed by atoms with Crippen molar-refractivity contribution in [2.24, 2.45) is 0 Å². The smallest absolute Gasteiger partial charge is 0.137 e. The molecule has 0 saturated heterocycles. The van der Waals surface area contributed by atoms with Gasteiger partial charge in [-0.3, -0.25) is 5.10 Å². The molecule has 0 amide bonds. The van der Waals surface area contributed by atoms with E-state index in [9.17, 15) is 0 Å². The molecule has 19 heavy (non-hydrogen) atoms. The van der Waals surface area contributed by atoms with Crippen molar-refractivity contribution < 1.29 is 0 Å². The third-order valence-corrected chi connectivity index (χ3v) is 4.09. The van der Waals surface area contributed by atoms with Crippen LogP contribution in [-0.4, -0.2) is 27.8 Å². The molecule has 1 heterocycles. The molecule has 1 saturated carbocycles. The highest BCUT2D eigenvalue weighted by Gasteiger charge is 2.30. The Kier molecular flexibility index (Phi) is 3.80. The Labute approximate surface area is 117 Å². The molecule has 1 fully saturated rings. The standard InChI is InChI=1S/C14H17ClN4/c15-13-4-2-1-3-12(13)10-7-11(8-10)16-6-5-14-17-9-18-19-14/h1-4,9-11,16H,5-8H2,(H,17,18,19). The van der Waals surface area contributed by atoms with E-state index in [4.69, 9.17) is 11.6 Å².